The minimum absolute atomic E-state index is 0.117. The van der Waals surface area contributed by atoms with E-state index in [0.29, 0.717) is 6.61 Å². The van der Waals surface area contributed by atoms with Crippen LogP contribution in [0.1, 0.15) is 24.5 Å². The molecule has 0 amide bonds. The summed E-state index contributed by atoms with van der Waals surface area (Å²) in [6, 6.07) is 20.8. The Bertz CT molecular complexity index is 714. The highest BCUT2D eigenvalue weighted by Crippen LogP contribution is 2.35. The molecule has 0 saturated carbocycles. The Hall–Kier alpha value is -2.39. The van der Waals surface area contributed by atoms with E-state index in [1.807, 2.05) is 37.3 Å². The van der Waals surface area contributed by atoms with Gasteiger partial charge in [0.25, 0.3) is 0 Å². The van der Waals surface area contributed by atoms with Crippen molar-refractivity contribution >= 4 is 5.97 Å². The normalized spacial score (nSPS) is 22.9. The summed E-state index contributed by atoms with van der Waals surface area (Å²) < 4.78 is 5.40. The summed E-state index contributed by atoms with van der Waals surface area (Å²) >= 11 is 0. The predicted octanol–water partition coefficient (Wildman–Crippen LogP) is 4.24. The number of esters is 1. The van der Waals surface area contributed by atoms with Crippen LogP contribution in [0.4, 0.5) is 0 Å². The maximum atomic E-state index is 12.7. The molecule has 1 saturated heterocycles. The van der Waals surface area contributed by atoms with Crippen LogP contribution in [-0.4, -0.2) is 29.6 Å². The SMILES string of the molecule is C=C[C@@H]1C[C@H](Cc2ccccc2)N(Cc2ccccc2)[C@H]1C(=O)OCC. The number of carbonyl (C=O) groups excluding carboxylic acids is 1. The first kappa shape index (κ1) is 18.4. The van der Waals surface area contributed by atoms with E-state index in [2.05, 4.69) is 47.9 Å². The van der Waals surface area contributed by atoms with Crippen molar-refractivity contribution in [3.63, 3.8) is 0 Å². The second-order valence-corrected chi connectivity index (χ2v) is 6.83. The number of nitrogens with zero attached hydrogens (tertiary/aromatic N) is 1. The van der Waals surface area contributed by atoms with Gasteiger partial charge in [-0.3, -0.25) is 9.69 Å². The van der Waals surface area contributed by atoms with Crippen LogP contribution in [0.15, 0.2) is 73.3 Å². The van der Waals surface area contributed by atoms with E-state index in [-0.39, 0.29) is 24.0 Å². The van der Waals surface area contributed by atoms with E-state index in [0.717, 1.165) is 19.4 Å². The maximum Gasteiger partial charge on any atom is 0.323 e. The van der Waals surface area contributed by atoms with Gasteiger partial charge in [-0.15, -0.1) is 6.58 Å². The second kappa shape index (κ2) is 8.81. The number of hydrogen-bond acceptors (Lipinski definition) is 3. The van der Waals surface area contributed by atoms with E-state index >= 15 is 0 Å². The molecule has 0 bridgehead atoms. The molecule has 0 radical (unpaired) electrons. The Morgan fingerprint density at radius 3 is 2.31 bits per heavy atom. The van der Waals surface area contributed by atoms with Crippen molar-refractivity contribution in [1.82, 2.24) is 4.90 Å². The lowest BCUT2D eigenvalue weighted by atomic mass is 9.97. The Balaban J connectivity index is 1.88. The average molecular weight is 349 g/mol. The van der Waals surface area contributed by atoms with Gasteiger partial charge in [-0.1, -0.05) is 66.7 Å². The smallest absolute Gasteiger partial charge is 0.323 e. The highest BCUT2D eigenvalue weighted by Gasteiger charge is 2.44. The van der Waals surface area contributed by atoms with Gasteiger partial charge in [0, 0.05) is 18.5 Å². The first-order valence-corrected chi connectivity index (χ1v) is 9.35. The molecular weight excluding hydrogens is 322 g/mol. The number of likely N-dealkylation sites (tertiary alicyclic amines) is 1. The van der Waals surface area contributed by atoms with Crippen molar-refractivity contribution in [3.8, 4) is 0 Å². The summed E-state index contributed by atoms with van der Waals surface area (Å²) in [4.78, 5) is 15.0. The Kier molecular flexibility index (Phi) is 6.24. The lowest BCUT2D eigenvalue weighted by molar-refractivity contribution is -0.150. The lowest BCUT2D eigenvalue weighted by Crippen LogP contribution is -2.43. The zero-order valence-corrected chi connectivity index (χ0v) is 15.4. The third-order valence-corrected chi connectivity index (χ3v) is 5.13. The van der Waals surface area contributed by atoms with Crippen molar-refractivity contribution in [3.05, 3.63) is 84.4 Å². The number of benzene rings is 2. The minimum Gasteiger partial charge on any atom is -0.465 e. The predicted molar refractivity (Wildman–Crippen MR) is 105 cm³/mol. The zero-order chi connectivity index (χ0) is 18.4. The van der Waals surface area contributed by atoms with Gasteiger partial charge in [0.15, 0.2) is 0 Å². The van der Waals surface area contributed by atoms with Crippen molar-refractivity contribution < 1.29 is 9.53 Å². The molecule has 2 aromatic carbocycles. The molecule has 3 nitrogen and oxygen atoms in total. The van der Waals surface area contributed by atoms with Crippen LogP contribution in [0.2, 0.25) is 0 Å². The van der Waals surface area contributed by atoms with Gasteiger partial charge in [0.2, 0.25) is 0 Å². The van der Waals surface area contributed by atoms with Crippen LogP contribution in [0.3, 0.4) is 0 Å². The summed E-state index contributed by atoms with van der Waals surface area (Å²) in [7, 11) is 0. The number of hydrogen-bond donors (Lipinski definition) is 0. The van der Waals surface area contributed by atoms with Crippen molar-refractivity contribution in [2.75, 3.05) is 6.61 Å². The van der Waals surface area contributed by atoms with Crippen LogP contribution in [0, 0.1) is 5.92 Å². The minimum atomic E-state index is -0.263. The molecule has 0 aromatic heterocycles. The van der Waals surface area contributed by atoms with E-state index in [1.54, 1.807) is 0 Å². The molecule has 136 valence electrons. The molecule has 3 heteroatoms. The molecule has 0 unspecified atom stereocenters. The van der Waals surface area contributed by atoms with Gasteiger partial charge in [-0.05, 0) is 30.9 Å². The largest absolute Gasteiger partial charge is 0.465 e. The van der Waals surface area contributed by atoms with E-state index in [1.165, 1.54) is 11.1 Å². The molecule has 3 atom stereocenters. The van der Waals surface area contributed by atoms with Crippen LogP contribution in [0.5, 0.6) is 0 Å². The van der Waals surface area contributed by atoms with E-state index < -0.39 is 0 Å². The summed E-state index contributed by atoms with van der Waals surface area (Å²) in [5, 5.41) is 0. The van der Waals surface area contributed by atoms with E-state index in [9.17, 15) is 4.79 Å². The lowest BCUT2D eigenvalue weighted by Gasteiger charge is -2.30. The standard InChI is InChI=1S/C23H27NO2/c1-3-20-16-21(15-18-11-7-5-8-12-18)24(22(20)23(25)26-4-2)17-19-13-9-6-10-14-19/h3,5-14,20-22H,1,4,15-17H2,2H3/t20-,21+,22-/m1/s1. The van der Waals surface area contributed by atoms with Crippen LogP contribution < -0.4 is 0 Å². The molecule has 1 heterocycles. The molecule has 1 fully saturated rings. The molecular formula is C23H27NO2. The summed E-state index contributed by atoms with van der Waals surface area (Å²) in [5.74, 6) is -0.0182. The van der Waals surface area contributed by atoms with Gasteiger partial charge < -0.3 is 4.74 Å². The fraction of sp³-hybridized carbons (Fsp3) is 0.348. The topological polar surface area (TPSA) is 29.5 Å². The summed E-state index contributed by atoms with van der Waals surface area (Å²) in [6.45, 7) is 6.99. The van der Waals surface area contributed by atoms with E-state index in [4.69, 9.17) is 4.74 Å². The van der Waals surface area contributed by atoms with Gasteiger partial charge in [-0.2, -0.15) is 0 Å². The first-order valence-electron chi connectivity index (χ1n) is 9.35. The average Bonchev–Trinajstić information content (AvgIpc) is 3.01. The number of ether oxygens (including phenoxy) is 1. The van der Waals surface area contributed by atoms with Crippen molar-refractivity contribution in [2.45, 2.75) is 38.4 Å². The Morgan fingerprint density at radius 1 is 1.12 bits per heavy atom. The number of rotatable bonds is 7. The van der Waals surface area contributed by atoms with Crippen LogP contribution >= 0.6 is 0 Å². The molecule has 2 aromatic rings. The fourth-order valence-corrected chi connectivity index (χ4v) is 3.92. The van der Waals surface area contributed by atoms with Gasteiger partial charge in [0.1, 0.15) is 6.04 Å². The maximum absolute atomic E-state index is 12.7. The molecule has 1 aliphatic rings. The zero-order valence-electron chi connectivity index (χ0n) is 15.4. The van der Waals surface area contributed by atoms with Crippen LogP contribution in [0.25, 0.3) is 0 Å². The van der Waals surface area contributed by atoms with Crippen LogP contribution in [-0.2, 0) is 22.5 Å². The summed E-state index contributed by atoms with van der Waals surface area (Å²) in [5.41, 5.74) is 2.51. The Morgan fingerprint density at radius 2 is 1.73 bits per heavy atom. The monoisotopic (exact) mass is 349 g/mol. The molecule has 26 heavy (non-hydrogen) atoms. The van der Waals surface area contributed by atoms with Gasteiger partial charge in [-0.25, -0.2) is 0 Å². The van der Waals surface area contributed by atoms with Gasteiger partial charge >= 0.3 is 5.97 Å². The van der Waals surface area contributed by atoms with Crippen molar-refractivity contribution in [2.24, 2.45) is 5.92 Å². The highest BCUT2D eigenvalue weighted by atomic mass is 16.5. The molecule has 0 spiro atoms. The molecule has 3 rings (SSSR count). The van der Waals surface area contributed by atoms with Gasteiger partial charge in [0.05, 0.1) is 6.61 Å². The van der Waals surface area contributed by atoms with Crippen molar-refractivity contribution in [1.29, 1.82) is 0 Å². The molecule has 0 N–H and O–H groups in total. The second-order valence-electron chi connectivity index (χ2n) is 6.83. The highest BCUT2D eigenvalue weighted by molar-refractivity contribution is 5.77. The third-order valence-electron chi connectivity index (χ3n) is 5.13. The quantitative estimate of drug-likeness (QED) is 0.553. The summed E-state index contributed by atoms with van der Waals surface area (Å²) in [6.07, 6.45) is 3.77. The third kappa shape index (κ3) is 4.23. The molecule has 0 aliphatic carbocycles. The molecule has 1 aliphatic heterocycles. The first-order chi connectivity index (χ1) is 12.7. The fourth-order valence-electron chi connectivity index (χ4n) is 3.92. The number of carbonyl (C=O) groups is 1. The Labute approximate surface area is 156 Å².